The van der Waals surface area contributed by atoms with Crippen LogP contribution in [-0.4, -0.2) is 24.1 Å². The van der Waals surface area contributed by atoms with Gasteiger partial charge in [0.05, 0.1) is 5.56 Å². The van der Waals surface area contributed by atoms with E-state index in [4.69, 9.17) is 4.74 Å². The topological polar surface area (TPSA) is 79.5 Å². The molecule has 1 aliphatic heterocycles. The number of fused-ring (bicyclic) bond motifs is 1. The number of esters is 1. The summed E-state index contributed by atoms with van der Waals surface area (Å²) in [7, 11) is 0. The number of halogens is 3. The Hall–Kier alpha value is -2.11. The predicted octanol–water partition coefficient (Wildman–Crippen LogP) is 5.31. The molecule has 0 radical (unpaired) electrons. The molecule has 6 nitrogen and oxygen atoms in total. The molecule has 0 aromatic carbocycles. The summed E-state index contributed by atoms with van der Waals surface area (Å²) in [6, 6.07) is 0.986. The van der Waals surface area contributed by atoms with Crippen molar-refractivity contribution in [2.45, 2.75) is 65.4 Å². The highest BCUT2D eigenvalue weighted by atomic mass is 32.1. The van der Waals surface area contributed by atoms with Crippen molar-refractivity contribution >= 4 is 39.7 Å². The largest absolute Gasteiger partial charge is 0.456 e. The molecule has 3 heterocycles. The van der Waals surface area contributed by atoms with Gasteiger partial charge in [-0.05, 0) is 57.4 Å². The first kappa shape index (κ1) is 24.5. The second kappa shape index (κ2) is 9.40. The van der Waals surface area contributed by atoms with Gasteiger partial charge in [-0.1, -0.05) is 6.92 Å². The lowest BCUT2D eigenvalue weighted by Gasteiger charge is -2.19. The fraction of sp³-hybridized carbons (Fsp3) is 0.524. The number of carbonyl (C=O) groups is 2. The highest BCUT2D eigenvalue weighted by Crippen LogP contribution is 2.41. The zero-order valence-electron chi connectivity index (χ0n) is 18.3. The molecular weight excluding hydrogens is 463 g/mol. The van der Waals surface area contributed by atoms with Crippen LogP contribution < -0.4 is 16.0 Å². The summed E-state index contributed by atoms with van der Waals surface area (Å²) >= 11 is 1.96. The van der Waals surface area contributed by atoms with Crippen molar-refractivity contribution in [1.82, 2.24) is 10.6 Å². The average Bonchev–Trinajstić information content (AvgIpc) is 3.26. The van der Waals surface area contributed by atoms with E-state index < -0.39 is 28.7 Å². The summed E-state index contributed by atoms with van der Waals surface area (Å²) in [6.45, 7) is 7.88. The molecule has 0 bridgehead atoms. The Labute approximate surface area is 192 Å². The first-order chi connectivity index (χ1) is 14.9. The molecule has 1 aliphatic rings. The van der Waals surface area contributed by atoms with Gasteiger partial charge in [0.1, 0.15) is 15.5 Å². The molecule has 0 spiro atoms. The molecule has 0 aliphatic carbocycles. The van der Waals surface area contributed by atoms with Gasteiger partial charge in [-0.25, -0.2) is 9.59 Å². The molecule has 32 heavy (non-hydrogen) atoms. The summed E-state index contributed by atoms with van der Waals surface area (Å²) in [5.74, 6) is -0.567. The molecule has 176 valence electrons. The van der Waals surface area contributed by atoms with Crippen molar-refractivity contribution in [3.63, 3.8) is 0 Å². The van der Waals surface area contributed by atoms with E-state index in [1.54, 1.807) is 26.8 Å². The van der Waals surface area contributed by atoms with Gasteiger partial charge in [-0.15, -0.1) is 22.7 Å². The number of aryl methyl sites for hydroxylation is 1. The molecule has 3 N–H and O–H groups in total. The zero-order chi connectivity index (χ0) is 23.7. The van der Waals surface area contributed by atoms with E-state index in [1.165, 1.54) is 11.3 Å². The minimum Gasteiger partial charge on any atom is -0.456 e. The van der Waals surface area contributed by atoms with E-state index in [-0.39, 0.29) is 17.7 Å². The van der Waals surface area contributed by atoms with E-state index in [2.05, 4.69) is 16.0 Å². The molecule has 11 heteroatoms. The second-order valence-corrected chi connectivity index (χ2v) is 10.6. The van der Waals surface area contributed by atoms with Crippen molar-refractivity contribution in [1.29, 1.82) is 0 Å². The number of ether oxygens (including phenoxy) is 1. The lowest BCUT2D eigenvalue weighted by atomic mass is 10.0. The van der Waals surface area contributed by atoms with Crippen molar-refractivity contribution in [3.05, 3.63) is 37.4 Å². The number of hydrogen-bond acceptors (Lipinski definition) is 6. The predicted molar refractivity (Wildman–Crippen MR) is 119 cm³/mol. The molecular formula is C21H26F3N3O3S2. The summed E-state index contributed by atoms with van der Waals surface area (Å²) in [5, 5.41) is 8.52. The maximum atomic E-state index is 13.5. The number of rotatable bonds is 5. The van der Waals surface area contributed by atoms with Crippen LogP contribution in [0.4, 0.5) is 23.0 Å². The summed E-state index contributed by atoms with van der Waals surface area (Å²) in [4.78, 5) is 25.9. The standard InChI is InChI=1S/C21H26F3N3O3S2/c1-5-11-8-13(18(28)30-20(2,3)4)17(31-11)27-19(29)26-9-14-12-6-7-25-10-15(12)32-16(14)21(22,23)24/h8,25H,5-7,9-10H2,1-4H3,(H2,26,27,29). The smallest absolute Gasteiger partial charge is 0.425 e. The number of alkyl halides is 3. The fourth-order valence-corrected chi connectivity index (χ4v) is 5.51. The first-order valence-corrected chi connectivity index (χ1v) is 11.8. The molecule has 2 amide bonds. The number of amides is 2. The van der Waals surface area contributed by atoms with Gasteiger partial charge in [0.15, 0.2) is 0 Å². The molecule has 0 fully saturated rings. The van der Waals surface area contributed by atoms with E-state index in [9.17, 15) is 22.8 Å². The maximum absolute atomic E-state index is 13.5. The molecule has 0 saturated carbocycles. The third kappa shape index (κ3) is 5.81. The number of anilines is 1. The Kier molecular flexibility index (Phi) is 7.21. The zero-order valence-corrected chi connectivity index (χ0v) is 19.9. The summed E-state index contributed by atoms with van der Waals surface area (Å²) in [5.41, 5.74) is 0.292. The lowest BCUT2D eigenvalue weighted by Crippen LogP contribution is -2.30. The van der Waals surface area contributed by atoms with Crippen LogP contribution >= 0.6 is 22.7 Å². The molecule has 3 rings (SSSR count). The van der Waals surface area contributed by atoms with Gasteiger partial charge >= 0.3 is 18.2 Å². The molecule has 0 saturated heterocycles. The Balaban J connectivity index is 1.76. The summed E-state index contributed by atoms with van der Waals surface area (Å²) < 4.78 is 46.0. The second-order valence-electron chi connectivity index (χ2n) is 8.35. The van der Waals surface area contributed by atoms with Gasteiger partial charge in [-0.3, -0.25) is 5.32 Å². The number of urea groups is 1. The van der Waals surface area contributed by atoms with Crippen LogP contribution in [0, 0.1) is 0 Å². The Morgan fingerprint density at radius 3 is 2.56 bits per heavy atom. The van der Waals surface area contributed by atoms with Gasteiger partial charge in [0.25, 0.3) is 0 Å². The Bertz CT molecular complexity index is 1010. The van der Waals surface area contributed by atoms with Crippen LogP contribution in [0.2, 0.25) is 0 Å². The first-order valence-electron chi connectivity index (χ1n) is 10.2. The van der Waals surface area contributed by atoms with Crippen LogP contribution in [0.25, 0.3) is 0 Å². The van der Waals surface area contributed by atoms with E-state index in [1.807, 2.05) is 6.92 Å². The Morgan fingerprint density at radius 2 is 1.94 bits per heavy atom. The highest BCUT2D eigenvalue weighted by Gasteiger charge is 2.38. The van der Waals surface area contributed by atoms with Crippen LogP contribution in [0.15, 0.2) is 6.07 Å². The third-order valence-corrected chi connectivity index (χ3v) is 7.21. The number of nitrogens with one attached hydrogen (secondary N) is 3. The normalized spacial score (nSPS) is 14.1. The minimum absolute atomic E-state index is 0.113. The average molecular weight is 490 g/mol. The quantitative estimate of drug-likeness (QED) is 0.497. The molecule has 0 unspecified atom stereocenters. The number of carbonyl (C=O) groups excluding carboxylic acids is 2. The van der Waals surface area contributed by atoms with Crippen LogP contribution in [-0.2, 0) is 36.8 Å². The van der Waals surface area contributed by atoms with Gasteiger partial charge in [0.2, 0.25) is 0 Å². The van der Waals surface area contributed by atoms with E-state index >= 15 is 0 Å². The molecule has 0 atom stereocenters. The van der Waals surface area contributed by atoms with Crippen LogP contribution in [0.3, 0.4) is 0 Å². The fourth-order valence-electron chi connectivity index (χ4n) is 3.33. The Morgan fingerprint density at radius 1 is 1.22 bits per heavy atom. The SMILES string of the molecule is CCc1cc(C(=O)OC(C)(C)C)c(NC(=O)NCc2c(C(F)(F)F)sc3c2CCNC3)s1. The van der Waals surface area contributed by atoms with Gasteiger partial charge in [0, 0.05) is 22.8 Å². The molecule has 2 aromatic rings. The monoisotopic (exact) mass is 489 g/mol. The number of hydrogen-bond donors (Lipinski definition) is 3. The summed E-state index contributed by atoms with van der Waals surface area (Å²) in [6.07, 6.45) is -3.34. The highest BCUT2D eigenvalue weighted by molar-refractivity contribution is 7.16. The third-order valence-electron chi connectivity index (χ3n) is 4.70. The van der Waals surface area contributed by atoms with E-state index in [0.717, 1.165) is 16.2 Å². The minimum atomic E-state index is -4.48. The maximum Gasteiger partial charge on any atom is 0.425 e. The molecule has 2 aromatic heterocycles. The van der Waals surface area contributed by atoms with Gasteiger partial charge < -0.3 is 15.4 Å². The van der Waals surface area contributed by atoms with Crippen molar-refractivity contribution in [2.75, 3.05) is 11.9 Å². The lowest BCUT2D eigenvalue weighted by molar-refractivity contribution is -0.135. The van der Waals surface area contributed by atoms with Crippen LogP contribution in [0.1, 0.15) is 63.8 Å². The number of thiophene rings is 2. The van der Waals surface area contributed by atoms with Crippen molar-refractivity contribution in [2.24, 2.45) is 0 Å². The van der Waals surface area contributed by atoms with Crippen molar-refractivity contribution < 1.29 is 27.5 Å². The van der Waals surface area contributed by atoms with Crippen LogP contribution in [0.5, 0.6) is 0 Å². The van der Waals surface area contributed by atoms with E-state index in [0.29, 0.717) is 41.4 Å². The van der Waals surface area contributed by atoms with Gasteiger partial charge in [-0.2, -0.15) is 13.2 Å². The van der Waals surface area contributed by atoms with Crippen molar-refractivity contribution in [3.8, 4) is 0 Å².